The molecule has 2 saturated carbocycles. The number of cyclic esters (lactones) is 1. The second-order valence-corrected chi connectivity index (χ2v) is 9.05. The van der Waals surface area contributed by atoms with Crippen molar-refractivity contribution < 1.29 is 23.8 Å². The molecule has 0 amide bonds. The summed E-state index contributed by atoms with van der Waals surface area (Å²) < 4.78 is 17.1. The monoisotopic (exact) mass is 346 g/mol. The fourth-order valence-electron chi connectivity index (χ4n) is 6.43. The Kier molecular flexibility index (Phi) is 2.98. The molecule has 136 valence electrons. The van der Waals surface area contributed by atoms with Crippen LogP contribution < -0.4 is 0 Å². The van der Waals surface area contributed by atoms with Gasteiger partial charge in [-0.2, -0.15) is 0 Å². The zero-order chi connectivity index (χ0) is 17.6. The van der Waals surface area contributed by atoms with E-state index in [0.29, 0.717) is 12.8 Å². The van der Waals surface area contributed by atoms with E-state index >= 15 is 0 Å². The van der Waals surface area contributed by atoms with Crippen molar-refractivity contribution in [1.82, 2.24) is 0 Å². The molecule has 0 radical (unpaired) electrons. The van der Waals surface area contributed by atoms with Gasteiger partial charge >= 0.3 is 5.97 Å². The molecular formula is C20H26O5. The van der Waals surface area contributed by atoms with Crippen molar-refractivity contribution in [3.8, 4) is 0 Å². The largest absolute Gasteiger partial charge is 0.472 e. The van der Waals surface area contributed by atoms with Crippen LogP contribution in [0, 0.1) is 22.7 Å². The molecule has 0 aromatic carbocycles. The van der Waals surface area contributed by atoms with Crippen LogP contribution in [0.15, 0.2) is 23.0 Å². The van der Waals surface area contributed by atoms with Gasteiger partial charge < -0.3 is 19.0 Å². The minimum absolute atomic E-state index is 0.0758. The number of carbonyl (C=O) groups is 1. The predicted molar refractivity (Wildman–Crippen MR) is 88.5 cm³/mol. The molecule has 2 aliphatic heterocycles. The number of hydrogen-bond donors (Lipinski definition) is 1. The Morgan fingerprint density at radius 2 is 2.12 bits per heavy atom. The molecule has 4 aliphatic rings. The van der Waals surface area contributed by atoms with Crippen LogP contribution in [0.25, 0.3) is 0 Å². The summed E-state index contributed by atoms with van der Waals surface area (Å²) in [5.41, 5.74) is -0.0483. The molecule has 5 rings (SSSR count). The fourth-order valence-corrected chi connectivity index (χ4v) is 6.43. The van der Waals surface area contributed by atoms with Crippen LogP contribution in [0.2, 0.25) is 0 Å². The smallest absolute Gasteiger partial charge is 0.313 e. The third-order valence-electron chi connectivity index (χ3n) is 8.25. The number of fused-ring (bicyclic) bond motifs is 4. The first kappa shape index (κ1) is 15.9. The zero-order valence-electron chi connectivity index (χ0n) is 15.0. The minimum atomic E-state index is -0.546. The number of epoxide rings is 1. The number of aliphatic hydroxyl groups excluding tert-OH is 1. The standard InChI is InChI=1S/C20H26O5/c1-11-4-6-18(2)15(8-13(21)16-19(18,3)25-16)20(11)9-14(24-17(20)22)12-5-7-23-10-12/h5,7,10-11,13-16,21H,4,6,8-9H2,1-3H3. The van der Waals surface area contributed by atoms with Crippen LogP contribution in [-0.2, 0) is 14.3 Å². The number of furan rings is 1. The van der Waals surface area contributed by atoms with E-state index in [0.717, 1.165) is 18.4 Å². The topological polar surface area (TPSA) is 72.2 Å². The Hall–Kier alpha value is -1.33. The summed E-state index contributed by atoms with van der Waals surface area (Å²) in [5, 5.41) is 10.6. The summed E-state index contributed by atoms with van der Waals surface area (Å²) in [5.74, 6) is 0.213. The highest BCUT2D eigenvalue weighted by Crippen LogP contribution is 2.72. The van der Waals surface area contributed by atoms with Crippen molar-refractivity contribution in [3.63, 3.8) is 0 Å². The summed E-state index contributed by atoms with van der Waals surface area (Å²) in [6.45, 7) is 6.55. The maximum Gasteiger partial charge on any atom is 0.313 e. The molecule has 1 spiro atoms. The second-order valence-electron chi connectivity index (χ2n) is 9.05. The summed E-state index contributed by atoms with van der Waals surface area (Å²) in [4.78, 5) is 13.2. The highest BCUT2D eigenvalue weighted by Gasteiger charge is 2.77. The first-order valence-electron chi connectivity index (χ1n) is 9.42. The Morgan fingerprint density at radius 3 is 2.84 bits per heavy atom. The molecule has 8 unspecified atom stereocenters. The van der Waals surface area contributed by atoms with Crippen LogP contribution in [0.5, 0.6) is 0 Å². The van der Waals surface area contributed by atoms with Gasteiger partial charge in [0, 0.05) is 17.4 Å². The number of rotatable bonds is 1. The lowest BCUT2D eigenvalue weighted by molar-refractivity contribution is -0.170. The first-order chi connectivity index (χ1) is 11.8. The SMILES string of the molecule is CC1CCC2(C)C(CC(O)C3OC32C)C12CC(c1ccoc1)OC2=O. The second kappa shape index (κ2) is 4.68. The number of aliphatic hydroxyl groups is 1. The fraction of sp³-hybridized carbons (Fsp3) is 0.750. The average molecular weight is 346 g/mol. The van der Waals surface area contributed by atoms with E-state index in [9.17, 15) is 9.90 Å². The molecule has 2 aliphatic carbocycles. The van der Waals surface area contributed by atoms with E-state index in [2.05, 4.69) is 20.8 Å². The molecule has 5 nitrogen and oxygen atoms in total. The Bertz CT molecular complexity index is 714. The number of ether oxygens (including phenoxy) is 2. The molecule has 2 saturated heterocycles. The lowest BCUT2D eigenvalue weighted by Crippen LogP contribution is -2.61. The van der Waals surface area contributed by atoms with E-state index < -0.39 is 11.5 Å². The lowest BCUT2D eigenvalue weighted by Gasteiger charge is -2.57. The molecule has 1 N–H and O–H groups in total. The third-order valence-corrected chi connectivity index (χ3v) is 8.25. The molecular weight excluding hydrogens is 320 g/mol. The number of esters is 1. The molecule has 5 heteroatoms. The van der Waals surface area contributed by atoms with Crippen molar-refractivity contribution >= 4 is 5.97 Å². The third kappa shape index (κ3) is 1.74. The van der Waals surface area contributed by atoms with Gasteiger partial charge in [-0.15, -0.1) is 0 Å². The van der Waals surface area contributed by atoms with Crippen LogP contribution in [0.1, 0.15) is 58.1 Å². The Labute approximate surface area is 147 Å². The number of carbonyl (C=O) groups excluding carboxylic acids is 1. The van der Waals surface area contributed by atoms with Crippen molar-refractivity contribution in [2.24, 2.45) is 22.7 Å². The van der Waals surface area contributed by atoms with Gasteiger partial charge in [-0.1, -0.05) is 13.8 Å². The zero-order valence-corrected chi connectivity index (χ0v) is 15.0. The Balaban J connectivity index is 1.58. The highest BCUT2D eigenvalue weighted by molar-refractivity contribution is 5.80. The van der Waals surface area contributed by atoms with Gasteiger partial charge in [0.1, 0.15) is 17.8 Å². The molecule has 4 fully saturated rings. The molecule has 1 aromatic heterocycles. The minimum Gasteiger partial charge on any atom is -0.472 e. The molecule has 1 aromatic rings. The molecule has 25 heavy (non-hydrogen) atoms. The van der Waals surface area contributed by atoms with E-state index in [1.807, 2.05) is 6.07 Å². The first-order valence-corrected chi connectivity index (χ1v) is 9.42. The lowest BCUT2D eigenvalue weighted by atomic mass is 9.44. The van der Waals surface area contributed by atoms with Crippen molar-refractivity contribution in [2.75, 3.05) is 0 Å². The predicted octanol–water partition coefficient (Wildman–Crippen LogP) is 3.23. The van der Waals surface area contributed by atoms with Crippen LogP contribution in [0.4, 0.5) is 0 Å². The van der Waals surface area contributed by atoms with Gasteiger partial charge in [0.15, 0.2) is 0 Å². The van der Waals surface area contributed by atoms with Gasteiger partial charge in [0.25, 0.3) is 0 Å². The van der Waals surface area contributed by atoms with Crippen LogP contribution >= 0.6 is 0 Å². The van der Waals surface area contributed by atoms with Crippen LogP contribution in [0.3, 0.4) is 0 Å². The average Bonchev–Trinajstić information content (AvgIpc) is 2.96. The van der Waals surface area contributed by atoms with E-state index in [1.165, 1.54) is 0 Å². The van der Waals surface area contributed by atoms with Gasteiger partial charge in [0.2, 0.25) is 0 Å². The van der Waals surface area contributed by atoms with Gasteiger partial charge in [0.05, 0.1) is 24.0 Å². The van der Waals surface area contributed by atoms with Gasteiger partial charge in [-0.05, 0) is 44.1 Å². The summed E-state index contributed by atoms with van der Waals surface area (Å²) in [6.07, 6.45) is 5.77. The van der Waals surface area contributed by atoms with E-state index in [4.69, 9.17) is 13.9 Å². The van der Waals surface area contributed by atoms with Crippen molar-refractivity contribution in [1.29, 1.82) is 0 Å². The quantitative estimate of drug-likeness (QED) is 0.624. The van der Waals surface area contributed by atoms with E-state index in [-0.39, 0.29) is 41.0 Å². The van der Waals surface area contributed by atoms with Crippen molar-refractivity contribution in [3.05, 3.63) is 24.2 Å². The maximum atomic E-state index is 13.2. The molecule has 8 atom stereocenters. The molecule has 3 heterocycles. The van der Waals surface area contributed by atoms with Gasteiger partial charge in [-0.25, -0.2) is 0 Å². The Morgan fingerprint density at radius 1 is 1.32 bits per heavy atom. The number of hydrogen-bond acceptors (Lipinski definition) is 5. The summed E-state index contributed by atoms with van der Waals surface area (Å²) in [6, 6.07) is 1.88. The maximum absolute atomic E-state index is 13.2. The normalized spacial score (nSPS) is 54.1. The highest BCUT2D eigenvalue weighted by atomic mass is 16.6. The summed E-state index contributed by atoms with van der Waals surface area (Å²) >= 11 is 0. The van der Waals surface area contributed by atoms with Crippen LogP contribution in [-0.4, -0.2) is 28.9 Å². The molecule has 0 bridgehead atoms. The van der Waals surface area contributed by atoms with Gasteiger partial charge in [-0.3, -0.25) is 4.79 Å². The van der Waals surface area contributed by atoms with Crippen molar-refractivity contribution in [2.45, 2.75) is 70.4 Å². The van der Waals surface area contributed by atoms with E-state index in [1.54, 1.807) is 12.5 Å². The summed E-state index contributed by atoms with van der Waals surface area (Å²) in [7, 11) is 0.